The number of fused-ring (bicyclic) bond motifs is 1. The second-order valence-electron chi connectivity index (χ2n) is 12.8. The lowest BCUT2D eigenvalue weighted by Gasteiger charge is -2.33. The SMILES string of the molecule is CN=C/C(=C\C(C)OCCOCCOCCOCCNC(=O)C(C)C)NCC#Cc1cc2c(N[C@@H]3CCN(C)C[C@@H]3F)cccc2n1CC(F)(F)F. The number of allylic oxidation sites excluding steroid dienone is 1. The summed E-state index contributed by atoms with van der Waals surface area (Å²) in [6, 6.07) is 6.24. The molecule has 1 unspecified atom stereocenters. The molecule has 11 nitrogen and oxygen atoms in total. The Bertz CT molecular complexity index is 1500. The molecule has 0 aliphatic carbocycles. The highest BCUT2D eigenvalue weighted by Gasteiger charge is 2.31. The zero-order chi connectivity index (χ0) is 37.9. The summed E-state index contributed by atoms with van der Waals surface area (Å²) in [7, 11) is 3.49. The van der Waals surface area contributed by atoms with Gasteiger partial charge in [0.1, 0.15) is 12.7 Å². The summed E-state index contributed by atoms with van der Waals surface area (Å²) in [6.07, 6.45) is -1.83. The van der Waals surface area contributed by atoms with Crippen LogP contribution in [0.4, 0.5) is 23.2 Å². The van der Waals surface area contributed by atoms with Crippen molar-refractivity contribution in [1.29, 1.82) is 0 Å². The van der Waals surface area contributed by atoms with Crippen LogP contribution in [0.15, 0.2) is 41.0 Å². The van der Waals surface area contributed by atoms with Gasteiger partial charge in [-0.3, -0.25) is 9.79 Å². The highest BCUT2D eigenvalue weighted by molar-refractivity contribution is 5.94. The number of nitrogens with zero attached hydrogens (tertiary/aromatic N) is 3. The monoisotopic (exact) mass is 738 g/mol. The molecule has 1 aliphatic rings. The standard InChI is InChI=1S/C37H54F4N6O5/c1-27(2)36(48)44-13-15-49-16-17-50-18-19-51-20-21-52-28(3)22-29(24-42-4)43-12-7-8-30-23-31-33(45-34-11-14-46(5)25-32(34)38)9-6-10-35(31)47(30)26-37(39,40)41/h6,9-10,22-24,27-28,32,34,43,45H,11-21,25-26H2,1-5H3,(H,44,48)/b29-22+,42-24?/t28?,32-,34+/m0/s1. The summed E-state index contributed by atoms with van der Waals surface area (Å²) in [4.78, 5) is 17.5. The van der Waals surface area contributed by atoms with E-state index in [4.69, 9.17) is 18.9 Å². The van der Waals surface area contributed by atoms with E-state index in [1.165, 1.54) is 0 Å². The van der Waals surface area contributed by atoms with Gasteiger partial charge in [-0.15, -0.1) is 0 Å². The van der Waals surface area contributed by atoms with Crippen LogP contribution in [0.2, 0.25) is 0 Å². The molecule has 0 radical (unpaired) electrons. The lowest BCUT2D eigenvalue weighted by molar-refractivity contribution is -0.140. The summed E-state index contributed by atoms with van der Waals surface area (Å²) in [5.74, 6) is 5.78. The smallest absolute Gasteiger partial charge is 0.379 e. The van der Waals surface area contributed by atoms with Gasteiger partial charge in [-0.05, 0) is 50.6 Å². The summed E-state index contributed by atoms with van der Waals surface area (Å²) in [6.45, 7) is 8.79. The number of aliphatic imine (C=N–C) groups is 1. The van der Waals surface area contributed by atoms with Crippen LogP contribution in [-0.2, 0) is 30.3 Å². The second kappa shape index (κ2) is 22.4. The molecule has 1 aromatic carbocycles. The van der Waals surface area contributed by atoms with E-state index < -0.39 is 24.9 Å². The number of alkyl halides is 4. The molecule has 15 heteroatoms. The Hall–Kier alpha value is -3.68. The van der Waals surface area contributed by atoms with Gasteiger partial charge >= 0.3 is 6.18 Å². The van der Waals surface area contributed by atoms with Gasteiger partial charge in [-0.25, -0.2) is 4.39 Å². The van der Waals surface area contributed by atoms with Gasteiger partial charge in [0.2, 0.25) is 5.91 Å². The Kier molecular flexibility index (Phi) is 18.4. The molecular formula is C37H54F4N6O5. The van der Waals surface area contributed by atoms with Gasteiger partial charge in [0.05, 0.1) is 81.8 Å². The van der Waals surface area contributed by atoms with E-state index in [9.17, 15) is 22.4 Å². The Morgan fingerprint density at radius 1 is 1.06 bits per heavy atom. The van der Waals surface area contributed by atoms with Crippen molar-refractivity contribution in [3.8, 4) is 11.8 Å². The number of carbonyl (C=O) groups is 1. The topological polar surface area (TPSA) is 111 Å². The molecule has 3 N–H and O–H groups in total. The molecule has 1 saturated heterocycles. The van der Waals surface area contributed by atoms with Crippen molar-refractivity contribution in [2.24, 2.45) is 10.9 Å². The van der Waals surface area contributed by atoms with Crippen LogP contribution in [0.1, 0.15) is 32.9 Å². The number of halogens is 4. The first-order valence-electron chi connectivity index (χ1n) is 17.6. The molecule has 3 rings (SSSR count). The third-order valence-corrected chi connectivity index (χ3v) is 8.07. The van der Waals surface area contributed by atoms with Crippen molar-refractivity contribution < 1.29 is 41.3 Å². The van der Waals surface area contributed by atoms with Gasteiger partial charge < -0.3 is 44.4 Å². The average molecular weight is 739 g/mol. The highest BCUT2D eigenvalue weighted by atomic mass is 19.4. The third kappa shape index (κ3) is 15.5. The van der Waals surface area contributed by atoms with Gasteiger partial charge in [-0.1, -0.05) is 25.8 Å². The van der Waals surface area contributed by atoms with Crippen molar-refractivity contribution >= 4 is 28.7 Å². The van der Waals surface area contributed by atoms with Gasteiger partial charge in [0, 0.05) is 49.9 Å². The predicted molar refractivity (Wildman–Crippen MR) is 196 cm³/mol. The van der Waals surface area contributed by atoms with Crippen molar-refractivity contribution in [3.05, 3.63) is 41.7 Å². The van der Waals surface area contributed by atoms with Crippen LogP contribution in [-0.4, -0.2) is 133 Å². The highest BCUT2D eigenvalue weighted by Crippen LogP contribution is 2.31. The van der Waals surface area contributed by atoms with Crippen LogP contribution in [0, 0.1) is 17.8 Å². The van der Waals surface area contributed by atoms with E-state index in [1.807, 2.05) is 38.8 Å². The molecule has 2 aromatic rings. The summed E-state index contributed by atoms with van der Waals surface area (Å²) < 4.78 is 79.1. The number of anilines is 1. The summed E-state index contributed by atoms with van der Waals surface area (Å²) in [5.41, 5.74) is 1.80. The van der Waals surface area contributed by atoms with E-state index in [-0.39, 0.29) is 30.2 Å². The summed E-state index contributed by atoms with van der Waals surface area (Å²) >= 11 is 0. The van der Waals surface area contributed by atoms with Crippen LogP contribution in [0.3, 0.4) is 0 Å². The lowest BCUT2D eigenvalue weighted by Crippen LogP contribution is -2.46. The Balaban J connectivity index is 1.46. The molecule has 0 spiro atoms. The first-order chi connectivity index (χ1) is 24.9. The van der Waals surface area contributed by atoms with Crippen molar-refractivity contribution in [3.63, 3.8) is 0 Å². The quantitative estimate of drug-likeness (QED) is 0.0749. The second-order valence-corrected chi connectivity index (χ2v) is 12.8. The third-order valence-electron chi connectivity index (χ3n) is 8.07. The molecule has 1 amide bonds. The zero-order valence-corrected chi connectivity index (χ0v) is 30.9. The summed E-state index contributed by atoms with van der Waals surface area (Å²) in [5, 5.41) is 9.72. The van der Waals surface area contributed by atoms with Crippen LogP contribution in [0.25, 0.3) is 10.9 Å². The Morgan fingerprint density at radius 3 is 2.40 bits per heavy atom. The number of likely N-dealkylation sites (tertiary alicyclic amines) is 1. The maximum atomic E-state index is 14.8. The minimum Gasteiger partial charge on any atom is -0.379 e. The molecule has 0 bridgehead atoms. The molecule has 1 aromatic heterocycles. The zero-order valence-electron chi connectivity index (χ0n) is 30.9. The minimum atomic E-state index is -4.46. The molecule has 1 fully saturated rings. The Morgan fingerprint density at radius 2 is 1.75 bits per heavy atom. The van der Waals surface area contributed by atoms with Gasteiger partial charge in [0.25, 0.3) is 0 Å². The number of benzene rings is 1. The maximum Gasteiger partial charge on any atom is 0.406 e. The fourth-order valence-electron chi connectivity index (χ4n) is 5.44. The molecule has 0 saturated carbocycles. The first kappa shape index (κ1) is 42.7. The van der Waals surface area contributed by atoms with E-state index in [1.54, 1.807) is 37.5 Å². The number of aromatic nitrogens is 1. The molecule has 2 heterocycles. The van der Waals surface area contributed by atoms with E-state index >= 15 is 0 Å². The molecule has 1 aliphatic heterocycles. The average Bonchev–Trinajstić information content (AvgIpc) is 3.42. The number of amides is 1. The first-order valence-corrected chi connectivity index (χ1v) is 17.6. The normalized spacial score (nSPS) is 17.8. The molecule has 3 atom stereocenters. The lowest BCUT2D eigenvalue weighted by atomic mass is 10.0. The van der Waals surface area contributed by atoms with E-state index in [0.29, 0.717) is 88.0 Å². The number of carbonyl (C=O) groups excluding carboxylic acids is 1. The van der Waals surface area contributed by atoms with Crippen molar-refractivity contribution in [1.82, 2.24) is 20.1 Å². The Labute approximate surface area is 304 Å². The number of hydrogen-bond acceptors (Lipinski definition) is 9. The van der Waals surface area contributed by atoms with Crippen molar-refractivity contribution in [2.75, 3.05) is 91.8 Å². The number of piperidine rings is 1. The fraction of sp³-hybridized carbons (Fsp3) is 0.622. The van der Waals surface area contributed by atoms with Crippen LogP contribution in [0.5, 0.6) is 0 Å². The van der Waals surface area contributed by atoms with Crippen LogP contribution >= 0.6 is 0 Å². The molecule has 52 heavy (non-hydrogen) atoms. The van der Waals surface area contributed by atoms with E-state index in [0.717, 1.165) is 11.1 Å². The maximum absolute atomic E-state index is 14.8. The molecular weight excluding hydrogens is 684 g/mol. The van der Waals surface area contributed by atoms with Gasteiger partial charge in [-0.2, -0.15) is 13.2 Å². The minimum absolute atomic E-state index is 0.0000723. The molecule has 290 valence electrons. The van der Waals surface area contributed by atoms with Gasteiger partial charge in [0.15, 0.2) is 0 Å². The van der Waals surface area contributed by atoms with Crippen LogP contribution < -0.4 is 16.0 Å². The number of rotatable bonds is 21. The fourth-order valence-corrected chi connectivity index (χ4v) is 5.44. The van der Waals surface area contributed by atoms with Crippen molar-refractivity contribution in [2.45, 2.75) is 58.2 Å². The van der Waals surface area contributed by atoms with E-state index in [2.05, 4.69) is 32.8 Å². The number of hydrogen-bond donors (Lipinski definition) is 3. The number of nitrogens with one attached hydrogen (secondary N) is 3. The largest absolute Gasteiger partial charge is 0.406 e. The predicted octanol–water partition coefficient (Wildman–Crippen LogP) is 4.41. The number of ether oxygens (including phenoxy) is 4.